The van der Waals surface area contributed by atoms with E-state index in [1.807, 2.05) is 37.3 Å². The molecule has 0 bridgehead atoms. The van der Waals surface area contributed by atoms with Crippen molar-refractivity contribution in [1.29, 1.82) is 0 Å². The number of carbonyl (C=O) groups is 2. The molecule has 1 aliphatic carbocycles. The molecule has 1 atom stereocenters. The number of hydrogen-bond donors (Lipinski definition) is 1. The SMILES string of the molecule is CCN(C(=O)CC1(O)CCCC1)C1CCN(c2ccccc2)C1=O. The molecule has 1 saturated heterocycles. The van der Waals surface area contributed by atoms with Crippen LogP contribution < -0.4 is 4.90 Å². The lowest BCUT2D eigenvalue weighted by atomic mass is 9.96. The van der Waals surface area contributed by atoms with Gasteiger partial charge in [-0.3, -0.25) is 9.59 Å². The number of amides is 2. The average Bonchev–Trinajstić information content (AvgIpc) is 3.16. The normalized spacial score (nSPS) is 22.8. The lowest BCUT2D eigenvalue weighted by Crippen LogP contribution is -2.47. The smallest absolute Gasteiger partial charge is 0.249 e. The van der Waals surface area contributed by atoms with Crippen LogP contribution in [0.3, 0.4) is 0 Å². The molecular weight excluding hydrogens is 304 g/mol. The van der Waals surface area contributed by atoms with Crippen LogP contribution in [0.15, 0.2) is 30.3 Å². The fourth-order valence-corrected chi connectivity index (χ4v) is 3.98. The molecule has 1 aromatic carbocycles. The number of benzene rings is 1. The van der Waals surface area contributed by atoms with E-state index in [1.54, 1.807) is 9.80 Å². The van der Waals surface area contributed by atoms with Crippen molar-refractivity contribution in [3.05, 3.63) is 30.3 Å². The summed E-state index contributed by atoms with van der Waals surface area (Å²) in [6.07, 6.45) is 4.10. The first-order valence-electron chi connectivity index (χ1n) is 8.92. The van der Waals surface area contributed by atoms with Crippen molar-refractivity contribution >= 4 is 17.5 Å². The Bertz CT molecular complexity index is 596. The Labute approximate surface area is 143 Å². The zero-order valence-corrected chi connectivity index (χ0v) is 14.3. The molecule has 2 aliphatic rings. The van der Waals surface area contributed by atoms with Crippen LogP contribution in [-0.4, -0.2) is 46.6 Å². The van der Waals surface area contributed by atoms with Crippen LogP contribution >= 0.6 is 0 Å². The lowest BCUT2D eigenvalue weighted by Gasteiger charge is -2.30. The Morgan fingerprint density at radius 2 is 1.96 bits per heavy atom. The molecule has 1 unspecified atom stereocenters. The first-order valence-corrected chi connectivity index (χ1v) is 8.92. The minimum absolute atomic E-state index is 0.0187. The van der Waals surface area contributed by atoms with Gasteiger partial charge >= 0.3 is 0 Å². The summed E-state index contributed by atoms with van der Waals surface area (Å²) in [5.74, 6) is -0.120. The van der Waals surface area contributed by atoms with Crippen molar-refractivity contribution < 1.29 is 14.7 Å². The summed E-state index contributed by atoms with van der Waals surface area (Å²) in [7, 11) is 0. The molecule has 0 spiro atoms. The van der Waals surface area contributed by atoms with Gasteiger partial charge in [-0.2, -0.15) is 0 Å². The van der Waals surface area contributed by atoms with Crippen molar-refractivity contribution in [2.24, 2.45) is 0 Å². The zero-order chi connectivity index (χ0) is 17.2. The second kappa shape index (κ2) is 6.93. The number of likely N-dealkylation sites (N-methyl/N-ethyl adjacent to an activating group) is 1. The molecule has 1 heterocycles. The van der Waals surface area contributed by atoms with Crippen molar-refractivity contribution in [3.8, 4) is 0 Å². The molecule has 24 heavy (non-hydrogen) atoms. The van der Waals surface area contributed by atoms with E-state index in [9.17, 15) is 14.7 Å². The molecule has 1 aromatic rings. The molecular formula is C19H26N2O3. The monoisotopic (exact) mass is 330 g/mol. The highest BCUT2D eigenvalue weighted by atomic mass is 16.3. The summed E-state index contributed by atoms with van der Waals surface area (Å²) < 4.78 is 0. The van der Waals surface area contributed by atoms with Gasteiger partial charge in [0.1, 0.15) is 6.04 Å². The standard InChI is InChI=1S/C19H26N2O3/c1-2-20(17(22)14-19(24)11-6-7-12-19)16-10-13-21(18(16)23)15-8-4-3-5-9-15/h3-5,8-9,16,24H,2,6-7,10-14H2,1H3. The molecule has 2 fully saturated rings. The number of carbonyl (C=O) groups excluding carboxylic acids is 2. The minimum Gasteiger partial charge on any atom is -0.389 e. The second-order valence-electron chi connectivity index (χ2n) is 6.92. The van der Waals surface area contributed by atoms with E-state index >= 15 is 0 Å². The summed E-state index contributed by atoms with van der Waals surface area (Å²) in [5, 5.41) is 10.5. The number of para-hydroxylation sites is 1. The first kappa shape index (κ1) is 17.0. The number of nitrogens with zero attached hydrogens (tertiary/aromatic N) is 2. The van der Waals surface area contributed by atoms with Crippen LogP contribution in [0.4, 0.5) is 5.69 Å². The van der Waals surface area contributed by atoms with Crippen molar-refractivity contribution in [2.75, 3.05) is 18.0 Å². The summed E-state index contributed by atoms with van der Waals surface area (Å²) in [6, 6.07) is 9.17. The predicted octanol–water partition coefficient (Wildman–Crippen LogP) is 2.34. The second-order valence-corrected chi connectivity index (χ2v) is 6.92. The van der Waals surface area contributed by atoms with E-state index in [0.717, 1.165) is 18.5 Å². The number of rotatable bonds is 5. The molecule has 3 rings (SSSR count). The molecule has 0 radical (unpaired) electrons. The van der Waals surface area contributed by atoms with Gasteiger partial charge < -0.3 is 14.9 Å². The Hall–Kier alpha value is -1.88. The Morgan fingerprint density at radius 3 is 2.58 bits per heavy atom. The Kier molecular flexibility index (Phi) is 4.90. The Morgan fingerprint density at radius 1 is 1.29 bits per heavy atom. The van der Waals surface area contributed by atoms with Crippen LogP contribution in [0, 0.1) is 0 Å². The third-order valence-electron chi connectivity index (χ3n) is 5.30. The first-order chi connectivity index (χ1) is 11.5. The highest BCUT2D eigenvalue weighted by Gasteiger charge is 2.41. The van der Waals surface area contributed by atoms with Crippen LogP contribution in [0.5, 0.6) is 0 Å². The molecule has 0 aromatic heterocycles. The largest absolute Gasteiger partial charge is 0.389 e. The fraction of sp³-hybridized carbons (Fsp3) is 0.579. The molecule has 5 heteroatoms. The van der Waals surface area contributed by atoms with E-state index in [0.29, 0.717) is 32.4 Å². The molecule has 130 valence electrons. The Balaban J connectivity index is 1.70. The third kappa shape index (κ3) is 3.31. The predicted molar refractivity (Wildman–Crippen MR) is 92.6 cm³/mol. The molecule has 1 N–H and O–H groups in total. The van der Waals surface area contributed by atoms with Crippen molar-refractivity contribution in [3.63, 3.8) is 0 Å². The van der Waals surface area contributed by atoms with Crippen LogP contribution in [0.1, 0.15) is 45.4 Å². The number of aliphatic hydroxyl groups is 1. The fourth-order valence-electron chi connectivity index (χ4n) is 3.98. The van der Waals surface area contributed by atoms with E-state index in [-0.39, 0.29) is 18.2 Å². The third-order valence-corrected chi connectivity index (χ3v) is 5.30. The van der Waals surface area contributed by atoms with E-state index in [1.165, 1.54) is 0 Å². The lowest BCUT2D eigenvalue weighted by molar-refractivity contribution is -0.142. The maximum Gasteiger partial charge on any atom is 0.249 e. The van der Waals surface area contributed by atoms with Gasteiger partial charge in [0.15, 0.2) is 0 Å². The van der Waals surface area contributed by atoms with Gasteiger partial charge in [0.05, 0.1) is 12.0 Å². The van der Waals surface area contributed by atoms with Gasteiger partial charge in [-0.1, -0.05) is 31.0 Å². The molecule has 1 saturated carbocycles. The number of anilines is 1. The average molecular weight is 330 g/mol. The highest BCUT2D eigenvalue weighted by molar-refractivity contribution is 6.01. The summed E-state index contributed by atoms with van der Waals surface area (Å²) in [5.41, 5.74) is 0.00794. The zero-order valence-electron chi connectivity index (χ0n) is 14.3. The highest BCUT2D eigenvalue weighted by Crippen LogP contribution is 2.33. The van der Waals surface area contributed by atoms with Gasteiger partial charge in [-0.15, -0.1) is 0 Å². The molecule has 2 amide bonds. The maximum atomic E-state index is 12.8. The summed E-state index contributed by atoms with van der Waals surface area (Å²) in [6.45, 7) is 3.02. The summed E-state index contributed by atoms with van der Waals surface area (Å²) in [4.78, 5) is 28.9. The van der Waals surface area contributed by atoms with Gasteiger partial charge in [0, 0.05) is 18.8 Å². The number of hydrogen-bond acceptors (Lipinski definition) is 3. The summed E-state index contributed by atoms with van der Waals surface area (Å²) >= 11 is 0. The molecule has 5 nitrogen and oxygen atoms in total. The topological polar surface area (TPSA) is 60.9 Å². The van der Waals surface area contributed by atoms with Crippen molar-refractivity contribution in [1.82, 2.24) is 4.90 Å². The van der Waals surface area contributed by atoms with E-state index < -0.39 is 11.6 Å². The van der Waals surface area contributed by atoms with Gasteiger partial charge in [0.2, 0.25) is 11.8 Å². The van der Waals surface area contributed by atoms with Crippen molar-refractivity contribution in [2.45, 2.75) is 57.1 Å². The van der Waals surface area contributed by atoms with Crippen LogP contribution in [0.25, 0.3) is 0 Å². The molecule has 1 aliphatic heterocycles. The van der Waals surface area contributed by atoms with Gasteiger partial charge in [-0.25, -0.2) is 0 Å². The minimum atomic E-state index is -0.870. The van der Waals surface area contributed by atoms with Crippen LogP contribution in [0.2, 0.25) is 0 Å². The van der Waals surface area contributed by atoms with Gasteiger partial charge in [0.25, 0.3) is 0 Å². The van der Waals surface area contributed by atoms with E-state index in [4.69, 9.17) is 0 Å². The van der Waals surface area contributed by atoms with Crippen LogP contribution in [-0.2, 0) is 9.59 Å². The van der Waals surface area contributed by atoms with E-state index in [2.05, 4.69) is 0 Å². The van der Waals surface area contributed by atoms with Gasteiger partial charge in [-0.05, 0) is 38.3 Å². The maximum absolute atomic E-state index is 12.8. The quantitative estimate of drug-likeness (QED) is 0.901.